The van der Waals surface area contributed by atoms with Gasteiger partial charge in [-0.2, -0.15) is 0 Å². The maximum Gasteiger partial charge on any atom is 0.110 e. The van der Waals surface area contributed by atoms with E-state index in [1.807, 2.05) is 24.4 Å². The fraction of sp³-hybridized carbons (Fsp3) is 0.333. The van der Waals surface area contributed by atoms with Gasteiger partial charge in [-0.05, 0) is 49.4 Å². The second kappa shape index (κ2) is 6.19. The molecule has 1 aliphatic carbocycles. The topological polar surface area (TPSA) is 37.8 Å². The summed E-state index contributed by atoms with van der Waals surface area (Å²) in [6.45, 7) is 2.81. The predicted octanol–water partition coefficient (Wildman–Crippen LogP) is 4.89. The van der Waals surface area contributed by atoms with Crippen molar-refractivity contribution in [2.45, 2.75) is 32.4 Å². The average molecular weight is 344 g/mol. The van der Waals surface area contributed by atoms with E-state index in [0.717, 1.165) is 33.7 Å². The number of hydrogen-bond donors (Lipinski definition) is 1. The first kappa shape index (κ1) is 15.1. The van der Waals surface area contributed by atoms with E-state index >= 15 is 0 Å². The van der Waals surface area contributed by atoms with Gasteiger partial charge in [-0.25, -0.2) is 4.98 Å². The van der Waals surface area contributed by atoms with E-state index in [1.54, 1.807) is 11.3 Å². The quantitative estimate of drug-likeness (QED) is 0.716. The van der Waals surface area contributed by atoms with Crippen molar-refractivity contribution in [3.8, 4) is 0 Å². The van der Waals surface area contributed by atoms with Crippen molar-refractivity contribution < 1.29 is 0 Å². The Morgan fingerprint density at radius 3 is 3.00 bits per heavy atom. The molecule has 1 unspecified atom stereocenters. The van der Waals surface area contributed by atoms with Gasteiger partial charge < -0.3 is 5.32 Å². The molecular formula is C18H18ClN3S. The van der Waals surface area contributed by atoms with Crippen LogP contribution in [0.2, 0.25) is 5.02 Å². The number of fused-ring (bicyclic) bond motifs is 1. The lowest BCUT2D eigenvalue weighted by Crippen LogP contribution is -2.22. The molecule has 0 aliphatic heterocycles. The average Bonchev–Trinajstić information content (AvgIpc) is 3.29. The summed E-state index contributed by atoms with van der Waals surface area (Å²) in [5.41, 5.74) is 3.27. The Bertz CT molecular complexity index is 841. The molecule has 0 saturated heterocycles. The minimum absolute atomic E-state index is 0.339. The van der Waals surface area contributed by atoms with Gasteiger partial charge in [-0.1, -0.05) is 17.7 Å². The molecule has 3 nitrogen and oxygen atoms in total. The van der Waals surface area contributed by atoms with Crippen molar-refractivity contribution in [1.29, 1.82) is 0 Å². The number of aromatic nitrogens is 2. The van der Waals surface area contributed by atoms with Crippen LogP contribution in [0.15, 0.2) is 35.8 Å². The summed E-state index contributed by atoms with van der Waals surface area (Å²) in [7, 11) is 0. The van der Waals surface area contributed by atoms with Crippen LogP contribution in [0.1, 0.15) is 35.1 Å². The van der Waals surface area contributed by atoms with Gasteiger partial charge in [-0.15, -0.1) is 11.3 Å². The van der Waals surface area contributed by atoms with Gasteiger partial charge in [0.2, 0.25) is 0 Å². The van der Waals surface area contributed by atoms with Crippen LogP contribution in [0.4, 0.5) is 0 Å². The first-order valence-corrected chi connectivity index (χ1v) is 9.15. The summed E-state index contributed by atoms with van der Waals surface area (Å²) in [4.78, 5) is 9.20. The highest BCUT2D eigenvalue weighted by Gasteiger charge is 2.33. The normalized spacial score (nSPS) is 15.9. The fourth-order valence-electron chi connectivity index (χ4n) is 2.98. The third-order valence-corrected chi connectivity index (χ3v) is 5.52. The Labute approximate surface area is 144 Å². The van der Waals surface area contributed by atoms with Crippen LogP contribution < -0.4 is 5.32 Å². The van der Waals surface area contributed by atoms with Gasteiger partial charge in [0.1, 0.15) is 5.01 Å². The van der Waals surface area contributed by atoms with Crippen molar-refractivity contribution in [3.63, 3.8) is 0 Å². The molecule has 5 heteroatoms. The van der Waals surface area contributed by atoms with Gasteiger partial charge in [-0.3, -0.25) is 4.98 Å². The molecule has 0 spiro atoms. The molecule has 1 aromatic carbocycles. The number of pyridine rings is 1. The minimum atomic E-state index is 0.339. The van der Waals surface area contributed by atoms with Crippen molar-refractivity contribution in [2.75, 3.05) is 0 Å². The second-order valence-electron chi connectivity index (χ2n) is 6.16. The summed E-state index contributed by atoms with van der Waals surface area (Å²) in [5.74, 6) is 0.707. The van der Waals surface area contributed by atoms with Crippen LogP contribution in [0.25, 0.3) is 10.9 Å². The van der Waals surface area contributed by atoms with Crippen molar-refractivity contribution >= 4 is 33.8 Å². The first-order valence-electron chi connectivity index (χ1n) is 7.89. The van der Waals surface area contributed by atoms with Gasteiger partial charge in [0, 0.05) is 34.2 Å². The Morgan fingerprint density at radius 2 is 2.26 bits per heavy atom. The molecule has 0 bridgehead atoms. The van der Waals surface area contributed by atoms with E-state index in [1.165, 1.54) is 17.8 Å². The molecule has 0 amide bonds. The van der Waals surface area contributed by atoms with Crippen molar-refractivity contribution in [2.24, 2.45) is 5.92 Å². The summed E-state index contributed by atoms with van der Waals surface area (Å²) in [6, 6.07) is 8.32. The van der Waals surface area contributed by atoms with Crippen LogP contribution in [0, 0.1) is 12.8 Å². The van der Waals surface area contributed by atoms with E-state index in [2.05, 4.69) is 33.7 Å². The lowest BCUT2D eigenvalue weighted by molar-refractivity contribution is 0.478. The highest BCUT2D eigenvalue weighted by atomic mass is 35.5. The number of benzene rings is 1. The monoisotopic (exact) mass is 343 g/mol. The lowest BCUT2D eigenvalue weighted by atomic mass is 10.1. The summed E-state index contributed by atoms with van der Waals surface area (Å²) >= 11 is 8.02. The van der Waals surface area contributed by atoms with Crippen molar-refractivity contribution in [1.82, 2.24) is 15.3 Å². The summed E-state index contributed by atoms with van der Waals surface area (Å²) < 4.78 is 0. The third kappa shape index (κ3) is 3.25. The Morgan fingerprint density at radius 1 is 1.39 bits per heavy atom. The molecular weight excluding hydrogens is 326 g/mol. The number of thiazole rings is 1. The highest BCUT2D eigenvalue weighted by Crippen LogP contribution is 2.42. The smallest absolute Gasteiger partial charge is 0.110 e. The molecule has 118 valence electrons. The van der Waals surface area contributed by atoms with Crippen LogP contribution in [0.3, 0.4) is 0 Å². The zero-order valence-electron chi connectivity index (χ0n) is 12.9. The number of nitrogens with zero attached hydrogens (tertiary/aromatic N) is 2. The van der Waals surface area contributed by atoms with E-state index in [4.69, 9.17) is 11.6 Å². The number of hydrogen-bond acceptors (Lipinski definition) is 4. The van der Waals surface area contributed by atoms with E-state index < -0.39 is 0 Å². The van der Waals surface area contributed by atoms with Gasteiger partial charge in [0.25, 0.3) is 0 Å². The summed E-state index contributed by atoms with van der Waals surface area (Å²) in [6.07, 6.45) is 4.40. The molecule has 4 rings (SSSR count). The van der Waals surface area contributed by atoms with Crippen LogP contribution in [-0.2, 0) is 6.54 Å². The molecule has 2 aromatic heterocycles. The largest absolute Gasteiger partial charge is 0.304 e. The van der Waals surface area contributed by atoms with Gasteiger partial charge in [0.15, 0.2) is 0 Å². The van der Waals surface area contributed by atoms with Gasteiger partial charge in [0.05, 0.1) is 11.6 Å². The SMILES string of the molecule is Cc1csc(C(NCc2cc(Cl)cc3cccnc23)C2CC2)n1. The van der Waals surface area contributed by atoms with Gasteiger partial charge >= 0.3 is 0 Å². The predicted molar refractivity (Wildman–Crippen MR) is 95.9 cm³/mol. The maximum absolute atomic E-state index is 6.27. The molecule has 1 N–H and O–H groups in total. The lowest BCUT2D eigenvalue weighted by Gasteiger charge is -2.17. The Kier molecular flexibility index (Phi) is 4.05. The maximum atomic E-state index is 6.27. The number of rotatable bonds is 5. The van der Waals surface area contributed by atoms with E-state index in [0.29, 0.717) is 12.0 Å². The van der Waals surface area contributed by atoms with Crippen LogP contribution in [0.5, 0.6) is 0 Å². The van der Waals surface area contributed by atoms with E-state index in [9.17, 15) is 0 Å². The minimum Gasteiger partial charge on any atom is -0.304 e. The molecule has 2 heterocycles. The van der Waals surface area contributed by atoms with Crippen LogP contribution >= 0.6 is 22.9 Å². The summed E-state index contributed by atoms with van der Waals surface area (Å²) in [5, 5.41) is 8.87. The Hall–Kier alpha value is -1.49. The van der Waals surface area contributed by atoms with Crippen molar-refractivity contribution in [3.05, 3.63) is 57.1 Å². The number of nitrogens with one attached hydrogen (secondary N) is 1. The molecule has 1 saturated carbocycles. The van der Waals surface area contributed by atoms with Crippen LogP contribution in [-0.4, -0.2) is 9.97 Å². The molecule has 3 aromatic rings. The third-order valence-electron chi connectivity index (χ3n) is 4.26. The molecule has 1 fully saturated rings. The molecule has 1 aliphatic rings. The fourth-order valence-corrected chi connectivity index (χ4v) is 4.19. The Balaban J connectivity index is 1.60. The second-order valence-corrected chi connectivity index (χ2v) is 7.49. The number of aryl methyl sites for hydroxylation is 1. The molecule has 0 radical (unpaired) electrons. The standard InChI is InChI=1S/C18H18ClN3S/c1-11-10-23-18(22-11)17(12-4-5-12)21-9-14-8-15(19)7-13-3-2-6-20-16(13)14/h2-3,6-8,10,12,17,21H,4-5,9H2,1H3. The molecule has 1 atom stereocenters. The highest BCUT2D eigenvalue weighted by molar-refractivity contribution is 7.09. The molecule has 23 heavy (non-hydrogen) atoms. The zero-order chi connectivity index (χ0) is 15.8. The number of halogens is 1. The zero-order valence-corrected chi connectivity index (χ0v) is 14.5. The van der Waals surface area contributed by atoms with E-state index in [-0.39, 0.29) is 0 Å². The first-order chi connectivity index (χ1) is 11.2.